The number of aromatic nitrogens is 2. The van der Waals surface area contributed by atoms with Crippen LogP contribution in [0.1, 0.15) is 88.8 Å². The van der Waals surface area contributed by atoms with Crippen LogP contribution < -0.4 is 24.8 Å². The smallest absolute Gasteiger partial charge is 0.318 e. The number of carbonyl (C=O) groups excluding carboxylic acids is 4. The molecule has 0 spiro atoms. The second-order valence-electron chi connectivity index (χ2n) is 17.7. The van der Waals surface area contributed by atoms with Crippen molar-refractivity contribution in [1.29, 1.82) is 0 Å². The topological polar surface area (TPSA) is 223 Å². The van der Waals surface area contributed by atoms with Crippen LogP contribution in [0.2, 0.25) is 0 Å². The summed E-state index contributed by atoms with van der Waals surface area (Å²) in [7, 11) is -5.64. The van der Waals surface area contributed by atoms with Crippen LogP contribution in [-0.2, 0) is 34.2 Å². The van der Waals surface area contributed by atoms with Crippen LogP contribution in [0.25, 0.3) is 21.6 Å². The van der Waals surface area contributed by atoms with Gasteiger partial charge in [-0.3, -0.25) is 19.1 Å². The lowest BCUT2D eigenvalue weighted by molar-refractivity contribution is -0.141. The molecule has 3 N–H and O–H groups in total. The summed E-state index contributed by atoms with van der Waals surface area (Å²) in [4.78, 5) is 69.8. The fraction of sp³-hybridized carbons (Fsp3) is 0.581. The number of methoxy groups -OCH3 is 1. The predicted octanol–water partition coefficient (Wildman–Crippen LogP) is 3.96. The number of carbonyl (C=O) groups is 4. The lowest BCUT2D eigenvalue weighted by Gasteiger charge is -2.32. The Hall–Kier alpha value is -4.82. The minimum absolute atomic E-state index is 0.00381. The molecule has 17 nitrogen and oxygen atoms in total. The van der Waals surface area contributed by atoms with Crippen LogP contribution in [0.4, 0.5) is 4.79 Å². The van der Waals surface area contributed by atoms with Gasteiger partial charge < -0.3 is 29.9 Å². The number of nitrogens with one attached hydrogen (secondary N) is 3. The van der Waals surface area contributed by atoms with Crippen molar-refractivity contribution in [2.75, 3.05) is 38.2 Å². The molecule has 5 aliphatic rings. The van der Waals surface area contributed by atoms with Crippen molar-refractivity contribution in [2.24, 2.45) is 5.92 Å². The molecule has 2 saturated heterocycles. The molecule has 4 fully saturated rings. The number of ether oxygens (including phenoxy) is 2. The molecule has 2 aromatic heterocycles. The van der Waals surface area contributed by atoms with Gasteiger partial charge in [-0.25, -0.2) is 31.6 Å². The van der Waals surface area contributed by atoms with Crippen LogP contribution in [-0.4, -0.2) is 128 Å². The van der Waals surface area contributed by atoms with E-state index in [1.54, 1.807) is 13.2 Å². The molecule has 5 amide bonds. The first-order valence-corrected chi connectivity index (χ1v) is 25.9. The fourth-order valence-corrected chi connectivity index (χ4v) is 12.2. The van der Waals surface area contributed by atoms with E-state index in [0.717, 1.165) is 17.7 Å². The first kappa shape index (κ1) is 44.8. The number of allylic oxidation sites excluding steroid dienone is 1. The zero-order valence-electron chi connectivity index (χ0n) is 35.9. The number of sulfone groups is 1. The van der Waals surface area contributed by atoms with Crippen molar-refractivity contribution in [3.63, 3.8) is 0 Å². The summed E-state index contributed by atoms with van der Waals surface area (Å²) in [5.74, 6) is -1.57. The summed E-state index contributed by atoms with van der Waals surface area (Å²) in [6, 6.07) is 2.65. The number of rotatable bonds is 9. The number of urea groups is 1. The van der Waals surface area contributed by atoms with Gasteiger partial charge in [0.1, 0.15) is 45.9 Å². The Kier molecular flexibility index (Phi) is 12.5. The third-order valence-corrected chi connectivity index (χ3v) is 17.1. The average molecular weight is 926 g/mol. The van der Waals surface area contributed by atoms with E-state index in [4.69, 9.17) is 19.4 Å². The van der Waals surface area contributed by atoms with Gasteiger partial charge in [0.15, 0.2) is 9.84 Å². The minimum atomic E-state index is -3.94. The number of pyridine rings is 1. The van der Waals surface area contributed by atoms with E-state index in [9.17, 15) is 36.0 Å². The summed E-state index contributed by atoms with van der Waals surface area (Å²) < 4.78 is 65.0. The number of aryl methyl sites for hydroxylation is 1. The Labute approximate surface area is 371 Å². The second kappa shape index (κ2) is 17.6. The molecule has 5 heterocycles. The minimum Gasteiger partial charge on any atom is -0.496 e. The number of benzene rings is 1. The number of sulfonamides is 1. The van der Waals surface area contributed by atoms with Gasteiger partial charge in [0.2, 0.25) is 21.8 Å². The number of hydrogen-bond donors (Lipinski definition) is 3. The van der Waals surface area contributed by atoms with Crippen LogP contribution >= 0.6 is 11.3 Å². The van der Waals surface area contributed by atoms with E-state index >= 15 is 0 Å². The highest BCUT2D eigenvalue weighted by Gasteiger charge is 2.62. The maximum atomic E-state index is 14.9. The molecule has 3 aliphatic heterocycles. The third-order valence-electron chi connectivity index (χ3n) is 12.8. The van der Waals surface area contributed by atoms with Gasteiger partial charge in [0.25, 0.3) is 5.91 Å². The second-order valence-corrected chi connectivity index (χ2v) is 22.8. The average Bonchev–Trinajstić information content (AvgIpc) is 4.12. The molecule has 3 aromatic rings. The molecular weight excluding hydrogens is 871 g/mol. The quantitative estimate of drug-likeness (QED) is 0.260. The maximum Gasteiger partial charge on any atom is 0.318 e. The molecule has 0 bridgehead atoms. The predicted molar refractivity (Wildman–Crippen MR) is 237 cm³/mol. The zero-order valence-corrected chi connectivity index (χ0v) is 38.4. The highest BCUT2D eigenvalue weighted by molar-refractivity contribution is 7.91. The van der Waals surface area contributed by atoms with Crippen molar-refractivity contribution >= 4 is 65.9 Å². The highest BCUT2D eigenvalue weighted by atomic mass is 32.2. The molecule has 8 rings (SSSR count). The Morgan fingerprint density at radius 3 is 2.51 bits per heavy atom. The molecule has 0 radical (unpaired) electrons. The Balaban J connectivity index is 1.14. The van der Waals surface area contributed by atoms with E-state index in [-0.39, 0.29) is 56.3 Å². The lowest BCUT2D eigenvalue weighted by Crippen LogP contribution is -2.59. The molecule has 63 heavy (non-hydrogen) atoms. The highest BCUT2D eigenvalue weighted by Crippen LogP contribution is 2.46. The molecule has 20 heteroatoms. The molecule has 2 aliphatic carbocycles. The molecule has 340 valence electrons. The summed E-state index contributed by atoms with van der Waals surface area (Å²) in [6.07, 6.45) is 7.06. The summed E-state index contributed by atoms with van der Waals surface area (Å²) >= 11 is 1.46. The van der Waals surface area contributed by atoms with Crippen molar-refractivity contribution < 1.29 is 45.5 Å². The Morgan fingerprint density at radius 2 is 1.81 bits per heavy atom. The zero-order chi connectivity index (χ0) is 44.8. The van der Waals surface area contributed by atoms with E-state index in [2.05, 4.69) is 29.2 Å². The van der Waals surface area contributed by atoms with E-state index < -0.39 is 78.5 Å². The summed E-state index contributed by atoms with van der Waals surface area (Å²) in [5, 5.41) is 8.47. The SMILES string of the molecule is COc1ccc2c(O[C@@H]3C[C@H]4C(=O)N[C@]5(C(=O)NS(=O)(=O)C6CC6)C[C@H]5/C=C\CCCCC[C@H](NC(=O)N5CCS(=O)(=O)CC5)C(=O)N4C3)cc(-c3nc(C(C)C)cs3)nc2c1C. The number of fused-ring (bicyclic) bond motifs is 3. The van der Waals surface area contributed by atoms with Crippen LogP contribution in [0, 0.1) is 12.8 Å². The van der Waals surface area contributed by atoms with Crippen molar-refractivity contribution in [3.8, 4) is 22.2 Å². The molecular formula is C43H55N7O10S3. The van der Waals surface area contributed by atoms with Crippen molar-refractivity contribution in [3.05, 3.63) is 47.0 Å². The van der Waals surface area contributed by atoms with Gasteiger partial charge in [-0.05, 0) is 63.5 Å². The monoisotopic (exact) mass is 925 g/mol. The first-order chi connectivity index (χ1) is 30.0. The Bertz CT molecular complexity index is 2550. The van der Waals surface area contributed by atoms with Gasteiger partial charge in [-0.15, -0.1) is 11.3 Å². The van der Waals surface area contributed by atoms with Crippen LogP contribution in [0.15, 0.2) is 35.7 Å². The normalized spacial score (nSPS) is 27.1. The number of thiazole rings is 1. The van der Waals surface area contributed by atoms with E-state index in [1.807, 2.05) is 36.6 Å². The summed E-state index contributed by atoms with van der Waals surface area (Å²) in [6.45, 7) is 5.93. The van der Waals surface area contributed by atoms with E-state index in [0.29, 0.717) is 65.2 Å². The standard InChI is InChI=1S/C43H55N7O10S3/c1-25(2)33-24-61-39(45-33)32-21-36(30-14-15-35(59-4)26(3)37(30)44-32)60-28-20-34-38(51)47-43(41(53)48-63(57,58)29-12-13-29)22-27(43)10-8-6-5-7-9-11-31(40(52)50(34)23-28)46-42(54)49-16-18-62(55,56)19-17-49/h8,10,14-15,21,24-25,27-29,31,34H,5-7,9,11-13,16-20,22-23H2,1-4H3,(H,46,54)(H,47,51)(H,48,53)/b10-8-/t27-,28-,31+,34+,43-/m1/s1. The van der Waals surface area contributed by atoms with Gasteiger partial charge in [-0.1, -0.05) is 38.8 Å². The maximum absolute atomic E-state index is 14.9. The Morgan fingerprint density at radius 1 is 1.05 bits per heavy atom. The number of hydrogen-bond acceptors (Lipinski definition) is 13. The van der Waals surface area contributed by atoms with Crippen LogP contribution in [0.5, 0.6) is 11.5 Å². The van der Waals surface area contributed by atoms with Gasteiger partial charge >= 0.3 is 6.03 Å². The van der Waals surface area contributed by atoms with Gasteiger partial charge in [0.05, 0.1) is 41.6 Å². The molecule has 2 saturated carbocycles. The van der Waals surface area contributed by atoms with Crippen LogP contribution in [0.3, 0.4) is 0 Å². The summed E-state index contributed by atoms with van der Waals surface area (Å²) in [5.41, 5.74) is 1.34. The van der Waals surface area contributed by atoms with Gasteiger partial charge in [0, 0.05) is 47.8 Å². The first-order valence-electron chi connectivity index (χ1n) is 21.7. The number of amides is 5. The van der Waals surface area contributed by atoms with Gasteiger partial charge in [-0.2, -0.15) is 0 Å². The molecule has 5 atom stereocenters. The fourth-order valence-electron chi connectivity index (χ4n) is 8.66. The van der Waals surface area contributed by atoms with Crippen molar-refractivity contribution in [2.45, 2.75) is 113 Å². The third kappa shape index (κ3) is 9.53. The molecule has 0 unspecified atom stereocenters. The number of nitrogens with zero attached hydrogens (tertiary/aromatic N) is 4. The largest absolute Gasteiger partial charge is 0.496 e. The lowest BCUT2D eigenvalue weighted by atomic mass is 10.0. The van der Waals surface area contributed by atoms with Crippen molar-refractivity contribution in [1.82, 2.24) is 35.1 Å². The van der Waals surface area contributed by atoms with E-state index in [1.165, 1.54) is 21.1 Å². The molecule has 1 aromatic carbocycles.